The molecule has 1 atom stereocenters. The molecule has 3 aromatic rings. The van der Waals surface area contributed by atoms with Gasteiger partial charge in [0.25, 0.3) is 0 Å². The molecule has 1 aliphatic heterocycles. The zero-order chi connectivity index (χ0) is 20.5. The number of benzene rings is 3. The summed E-state index contributed by atoms with van der Waals surface area (Å²) in [5.41, 5.74) is 2.25. The van der Waals surface area contributed by atoms with Crippen LogP contribution in [0.5, 0.6) is 5.75 Å². The van der Waals surface area contributed by atoms with Crippen molar-refractivity contribution in [1.29, 1.82) is 0 Å². The fourth-order valence-corrected chi connectivity index (χ4v) is 3.51. The van der Waals surface area contributed by atoms with Crippen LogP contribution < -0.4 is 10.1 Å². The van der Waals surface area contributed by atoms with Gasteiger partial charge in [-0.15, -0.1) is 0 Å². The first kappa shape index (κ1) is 18.7. The Bertz CT molecular complexity index is 1150. The van der Waals surface area contributed by atoms with Crippen LogP contribution in [0.4, 0.5) is 5.69 Å². The number of hydrogen-bond donors (Lipinski definition) is 1. The lowest BCUT2D eigenvalue weighted by atomic mass is 9.99. The van der Waals surface area contributed by atoms with Crippen molar-refractivity contribution in [2.75, 3.05) is 19.0 Å². The van der Waals surface area contributed by atoms with Gasteiger partial charge in [0, 0.05) is 16.6 Å². The number of rotatable bonds is 5. The molecule has 1 N–H and O–H groups in total. The van der Waals surface area contributed by atoms with Gasteiger partial charge in [-0.05, 0) is 48.2 Å². The number of ether oxygens (including phenoxy) is 2. The van der Waals surface area contributed by atoms with E-state index >= 15 is 0 Å². The topological polar surface area (TPSA) is 81.7 Å². The summed E-state index contributed by atoms with van der Waals surface area (Å²) in [6.45, 7) is 1.40. The van der Waals surface area contributed by atoms with Crippen LogP contribution in [0.25, 0.3) is 10.8 Å². The minimum Gasteiger partial charge on any atom is -0.496 e. The first-order valence-electron chi connectivity index (χ1n) is 9.20. The molecule has 0 unspecified atom stereocenters. The SMILES string of the molecule is COc1ccc(C(=O)OCC(=O)c2ccc3c(c2)[C@@H](C)C(=O)N3)c2ccccc12. The molecule has 0 bridgehead atoms. The Morgan fingerprint density at radius 2 is 1.79 bits per heavy atom. The van der Waals surface area contributed by atoms with Crippen molar-refractivity contribution < 1.29 is 23.9 Å². The Kier molecular flexibility index (Phi) is 4.76. The molecule has 3 aromatic carbocycles. The average molecular weight is 389 g/mol. The molecule has 1 aliphatic rings. The third kappa shape index (κ3) is 3.33. The lowest BCUT2D eigenvalue weighted by Crippen LogP contribution is -2.15. The second kappa shape index (κ2) is 7.39. The average Bonchev–Trinajstić information content (AvgIpc) is 3.04. The Labute approximate surface area is 167 Å². The van der Waals surface area contributed by atoms with E-state index < -0.39 is 5.97 Å². The zero-order valence-electron chi connectivity index (χ0n) is 16.0. The second-order valence-corrected chi connectivity index (χ2v) is 6.87. The summed E-state index contributed by atoms with van der Waals surface area (Å²) in [6, 6.07) is 15.7. The first-order valence-corrected chi connectivity index (χ1v) is 9.20. The summed E-state index contributed by atoms with van der Waals surface area (Å²) in [7, 11) is 1.57. The lowest BCUT2D eigenvalue weighted by molar-refractivity contribution is -0.116. The van der Waals surface area contributed by atoms with Crippen LogP contribution in [0, 0.1) is 0 Å². The van der Waals surface area contributed by atoms with Gasteiger partial charge >= 0.3 is 5.97 Å². The fourth-order valence-electron chi connectivity index (χ4n) is 3.51. The summed E-state index contributed by atoms with van der Waals surface area (Å²) >= 11 is 0. The molecular formula is C23H19NO5. The minimum atomic E-state index is -0.580. The number of anilines is 1. The summed E-state index contributed by atoms with van der Waals surface area (Å²) in [5.74, 6) is -0.661. The predicted molar refractivity (Wildman–Crippen MR) is 109 cm³/mol. The highest BCUT2D eigenvalue weighted by Gasteiger charge is 2.27. The number of methoxy groups -OCH3 is 1. The van der Waals surface area contributed by atoms with Gasteiger partial charge in [0.15, 0.2) is 12.4 Å². The van der Waals surface area contributed by atoms with E-state index in [0.717, 1.165) is 10.9 Å². The van der Waals surface area contributed by atoms with Crippen LogP contribution in [0.1, 0.15) is 39.1 Å². The number of nitrogens with one attached hydrogen (secondary N) is 1. The standard InChI is InChI=1S/C23H19NO5/c1-13-18-11-14(7-9-19(18)24-22(13)26)20(25)12-29-23(27)17-8-10-21(28-2)16-6-4-3-5-15(16)17/h3-11,13H,12H2,1-2H3,(H,24,26)/t13-/m1/s1. The van der Waals surface area contributed by atoms with Crippen molar-refractivity contribution in [1.82, 2.24) is 0 Å². The van der Waals surface area contributed by atoms with Gasteiger partial charge in [-0.2, -0.15) is 0 Å². The molecule has 4 rings (SSSR count). The van der Waals surface area contributed by atoms with Crippen molar-refractivity contribution in [2.45, 2.75) is 12.8 Å². The molecule has 29 heavy (non-hydrogen) atoms. The first-order chi connectivity index (χ1) is 14.0. The summed E-state index contributed by atoms with van der Waals surface area (Å²) in [6.07, 6.45) is 0. The van der Waals surface area contributed by atoms with E-state index in [2.05, 4.69) is 5.32 Å². The zero-order valence-corrected chi connectivity index (χ0v) is 16.0. The number of esters is 1. The van der Waals surface area contributed by atoms with Crippen molar-refractivity contribution in [2.24, 2.45) is 0 Å². The Morgan fingerprint density at radius 1 is 1.03 bits per heavy atom. The summed E-state index contributed by atoms with van der Waals surface area (Å²) < 4.78 is 10.6. The van der Waals surface area contributed by atoms with Crippen molar-refractivity contribution in [3.8, 4) is 5.75 Å². The van der Waals surface area contributed by atoms with Crippen LogP contribution in [-0.2, 0) is 9.53 Å². The van der Waals surface area contributed by atoms with E-state index in [4.69, 9.17) is 9.47 Å². The Hall–Kier alpha value is -3.67. The van der Waals surface area contributed by atoms with Gasteiger partial charge in [-0.1, -0.05) is 24.3 Å². The number of amides is 1. The molecule has 0 fully saturated rings. The number of Topliss-reactive ketones (excluding diaryl/α,β-unsaturated/α-hetero) is 1. The van der Waals surface area contributed by atoms with Gasteiger partial charge in [0.2, 0.25) is 5.91 Å². The minimum absolute atomic E-state index is 0.0950. The summed E-state index contributed by atoms with van der Waals surface area (Å²) in [5, 5.41) is 4.25. The van der Waals surface area contributed by atoms with Crippen LogP contribution in [0.15, 0.2) is 54.6 Å². The largest absolute Gasteiger partial charge is 0.496 e. The maximum atomic E-state index is 12.6. The molecule has 1 amide bonds. The highest BCUT2D eigenvalue weighted by atomic mass is 16.5. The second-order valence-electron chi connectivity index (χ2n) is 6.87. The number of fused-ring (bicyclic) bond motifs is 2. The Morgan fingerprint density at radius 3 is 2.55 bits per heavy atom. The monoisotopic (exact) mass is 389 g/mol. The molecule has 1 heterocycles. The number of hydrogen-bond acceptors (Lipinski definition) is 5. The predicted octanol–water partition coefficient (Wildman–Crippen LogP) is 3.94. The van der Waals surface area contributed by atoms with E-state index in [0.29, 0.717) is 28.0 Å². The molecule has 0 aromatic heterocycles. The highest BCUT2D eigenvalue weighted by molar-refractivity contribution is 6.08. The van der Waals surface area contributed by atoms with Gasteiger partial charge in [0.1, 0.15) is 5.75 Å². The maximum Gasteiger partial charge on any atom is 0.339 e. The van der Waals surface area contributed by atoms with E-state index in [9.17, 15) is 14.4 Å². The lowest BCUT2D eigenvalue weighted by Gasteiger charge is -2.10. The van der Waals surface area contributed by atoms with E-state index in [1.54, 1.807) is 44.4 Å². The molecule has 0 spiro atoms. The maximum absolute atomic E-state index is 12.6. The third-order valence-corrected chi connectivity index (χ3v) is 5.15. The van der Waals surface area contributed by atoms with E-state index in [1.807, 2.05) is 24.3 Å². The van der Waals surface area contributed by atoms with Crippen LogP contribution in [0.2, 0.25) is 0 Å². The molecule has 146 valence electrons. The molecule has 0 saturated carbocycles. The molecule has 6 nitrogen and oxygen atoms in total. The quantitative estimate of drug-likeness (QED) is 0.528. The smallest absolute Gasteiger partial charge is 0.339 e. The van der Waals surface area contributed by atoms with E-state index in [-0.39, 0.29) is 24.2 Å². The van der Waals surface area contributed by atoms with Crippen molar-refractivity contribution in [3.05, 3.63) is 71.3 Å². The highest BCUT2D eigenvalue weighted by Crippen LogP contribution is 2.33. The van der Waals surface area contributed by atoms with Crippen LogP contribution >= 0.6 is 0 Å². The van der Waals surface area contributed by atoms with Gasteiger partial charge in [0.05, 0.1) is 18.6 Å². The molecule has 0 aliphatic carbocycles. The van der Waals surface area contributed by atoms with E-state index in [1.165, 1.54) is 0 Å². The normalized spacial score (nSPS) is 15.0. The molecule has 0 radical (unpaired) electrons. The third-order valence-electron chi connectivity index (χ3n) is 5.15. The molecular weight excluding hydrogens is 370 g/mol. The van der Waals surface area contributed by atoms with Crippen molar-refractivity contribution >= 4 is 34.1 Å². The van der Waals surface area contributed by atoms with Gasteiger partial charge in [-0.25, -0.2) is 4.79 Å². The van der Waals surface area contributed by atoms with Gasteiger partial charge in [-0.3, -0.25) is 9.59 Å². The van der Waals surface area contributed by atoms with Crippen molar-refractivity contribution in [3.63, 3.8) is 0 Å². The molecule has 0 saturated heterocycles. The number of carbonyl (C=O) groups excluding carboxylic acids is 3. The van der Waals surface area contributed by atoms with Crippen LogP contribution in [-0.4, -0.2) is 31.4 Å². The number of ketones is 1. The molecule has 6 heteroatoms. The fraction of sp³-hybridized carbons (Fsp3) is 0.174. The number of carbonyl (C=O) groups is 3. The van der Waals surface area contributed by atoms with Crippen LogP contribution in [0.3, 0.4) is 0 Å². The van der Waals surface area contributed by atoms with Gasteiger partial charge < -0.3 is 14.8 Å². The summed E-state index contributed by atoms with van der Waals surface area (Å²) in [4.78, 5) is 36.9. The Balaban J connectivity index is 1.52.